The molecule has 0 fully saturated rings. The maximum Gasteiger partial charge on any atom is 0.213 e. The van der Waals surface area contributed by atoms with E-state index in [0.717, 1.165) is 25.2 Å². The van der Waals surface area contributed by atoms with Crippen molar-refractivity contribution in [2.75, 3.05) is 13.7 Å². The van der Waals surface area contributed by atoms with Crippen LogP contribution in [0.5, 0.6) is 5.88 Å². The van der Waals surface area contributed by atoms with Crippen LogP contribution in [0.1, 0.15) is 26.0 Å². The SMILES string of the molecule is COc1cccc(CNCC(Cl)CC(C)C)n1. The molecule has 3 nitrogen and oxygen atoms in total. The first kappa shape index (κ1) is 14.3. The smallest absolute Gasteiger partial charge is 0.213 e. The molecule has 1 atom stereocenters. The van der Waals surface area contributed by atoms with E-state index < -0.39 is 0 Å². The van der Waals surface area contributed by atoms with Crippen molar-refractivity contribution in [1.82, 2.24) is 10.3 Å². The van der Waals surface area contributed by atoms with Gasteiger partial charge in [-0.25, -0.2) is 4.98 Å². The predicted molar refractivity (Wildman–Crippen MR) is 71.6 cm³/mol. The lowest BCUT2D eigenvalue weighted by Crippen LogP contribution is -2.24. The van der Waals surface area contributed by atoms with Gasteiger partial charge in [-0.1, -0.05) is 19.9 Å². The number of hydrogen-bond acceptors (Lipinski definition) is 3. The Morgan fingerprint density at radius 1 is 1.41 bits per heavy atom. The van der Waals surface area contributed by atoms with Crippen LogP contribution in [0, 0.1) is 5.92 Å². The minimum Gasteiger partial charge on any atom is -0.481 e. The minimum absolute atomic E-state index is 0.181. The number of hydrogen-bond donors (Lipinski definition) is 1. The third kappa shape index (κ3) is 5.89. The predicted octanol–water partition coefficient (Wildman–Crippen LogP) is 2.83. The quantitative estimate of drug-likeness (QED) is 0.762. The van der Waals surface area contributed by atoms with E-state index in [4.69, 9.17) is 16.3 Å². The molecule has 17 heavy (non-hydrogen) atoms. The van der Waals surface area contributed by atoms with Gasteiger partial charge < -0.3 is 10.1 Å². The van der Waals surface area contributed by atoms with Crippen molar-refractivity contribution in [3.63, 3.8) is 0 Å². The maximum absolute atomic E-state index is 6.19. The van der Waals surface area contributed by atoms with Crippen LogP contribution in [-0.4, -0.2) is 24.0 Å². The highest BCUT2D eigenvalue weighted by Gasteiger charge is 2.06. The number of halogens is 1. The third-order valence-electron chi connectivity index (χ3n) is 2.39. The highest BCUT2D eigenvalue weighted by atomic mass is 35.5. The molecule has 0 bridgehead atoms. The molecule has 1 aromatic heterocycles. The van der Waals surface area contributed by atoms with Gasteiger partial charge in [-0.2, -0.15) is 0 Å². The van der Waals surface area contributed by atoms with E-state index in [1.165, 1.54) is 0 Å². The molecule has 0 spiro atoms. The second-order valence-corrected chi connectivity index (χ2v) is 5.15. The summed E-state index contributed by atoms with van der Waals surface area (Å²) in [5.74, 6) is 1.28. The molecular weight excluding hydrogens is 236 g/mol. The molecule has 1 heterocycles. The zero-order valence-electron chi connectivity index (χ0n) is 10.7. The standard InChI is InChI=1S/C13H21ClN2O/c1-10(2)7-11(14)8-15-9-12-5-4-6-13(16-12)17-3/h4-6,10-11,15H,7-9H2,1-3H3. The van der Waals surface area contributed by atoms with Crippen LogP contribution < -0.4 is 10.1 Å². The van der Waals surface area contributed by atoms with Crippen LogP contribution in [0.15, 0.2) is 18.2 Å². The summed E-state index contributed by atoms with van der Waals surface area (Å²) in [5.41, 5.74) is 0.970. The second kappa shape index (κ2) is 7.51. The number of pyridine rings is 1. The van der Waals surface area contributed by atoms with E-state index >= 15 is 0 Å². The average Bonchev–Trinajstić information content (AvgIpc) is 2.28. The topological polar surface area (TPSA) is 34.1 Å². The molecule has 0 aliphatic carbocycles. The fourth-order valence-corrected chi connectivity index (χ4v) is 2.09. The first-order valence-corrected chi connectivity index (χ1v) is 6.40. The highest BCUT2D eigenvalue weighted by molar-refractivity contribution is 6.20. The normalized spacial score (nSPS) is 12.8. The van der Waals surface area contributed by atoms with Gasteiger partial charge in [0.25, 0.3) is 0 Å². The summed E-state index contributed by atoms with van der Waals surface area (Å²) in [6, 6.07) is 5.75. The van der Waals surface area contributed by atoms with Crippen LogP contribution in [0.3, 0.4) is 0 Å². The number of alkyl halides is 1. The van der Waals surface area contributed by atoms with E-state index in [-0.39, 0.29) is 5.38 Å². The van der Waals surface area contributed by atoms with Gasteiger partial charge >= 0.3 is 0 Å². The number of methoxy groups -OCH3 is 1. The van der Waals surface area contributed by atoms with Gasteiger partial charge in [0, 0.05) is 24.5 Å². The van der Waals surface area contributed by atoms with Crippen molar-refractivity contribution in [3.05, 3.63) is 23.9 Å². The second-order valence-electron chi connectivity index (χ2n) is 4.53. The van der Waals surface area contributed by atoms with Gasteiger partial charge in [-0.05, 0) is 18.4 Å². The van der Waals surface area contributed by atoms with Crippen LogP contribution in [-0.2, 0) is 6.54 Å². The fraction of sp³-hybridized carbons (Fsp3) is 0.615. The van der Waals surface area contributed by atoms with E-state index in [1.807, 2.05) is 18.2 Å². The largest absolute Gasteiger partial charge is 0.481 e. The van der Waals surface area contributed by atoms with E-state index in [2.05, 4.69) is 24.1 Å². The van der Waals surface area contributed by atoms with Crippen molar-refractivity contribution in [2.24, 2.45) is 5.92 Å². The summed E-state index contributed by atoms with van der Waals surface area (Å²) in [4.78, 5) is 4.32. The lowest BCUT2D eigenvalue weighted by Gasteiger charge is -2.12. The van der Waals surface area contributed by atoms with Crippen molar-refractivity contribution in [1.29, 1.82) is 0 Å². The highest BCUT2D eigenvalue weighted by Crippen LogP contribution is 2.10. The van der Waals surface area contributed by atoms with Gasteiger partial charge in [0.2, 0.25) is 5.88 Å². The Morgan fingerprint density at radius 2 is 2.18 bits per heavy atom. The number of rotatable bonds is 7. The van der Waals surface area contributed by atoms with Crippen LogP contribution in [0.2, 0.25) is 0 Å². The van der Waals surface area contributed by atoms with E-state index in [1.54, 1.807) is 7.11 Å². The molecule has 0 saturated heterocycles. The summed E-state index contributed by atoms with van der Waals surface area (Å²) < 4.78 is 5.07. The molecule has 96 valence electrons. The molecule has 0 aliphatic rings. The Labute approximate surface area is 109 Å². The van der Waals surface area contributed by atoms with E-state index in [0.29, 0.717) is 11.8 Å². The Bertz CT molecular complexity index is 331. The molecule has 1 rings (SSSR count). The summed E-state index contributed by atoms with van der Waals surface area (Å²) in [7, 11) is 1.62. The van der Waals surface area contributed by atoms with Crippen molar-refractivity contribution in [3.8, 4) is 5.88 Å². The molecule has 0 aliphatic heterocycles. The van der Waals surface area contributed by atoms with Gasteiger partial charge in [-0.3, -0.25) is 0 Å². The first-order chi connectivity index (χ1) is 8.11. The number of nitrogens with one attached hydrogen (secondary N) is 1. The summed E-state index contributed by atoms with van der Waals surface area (Å²) in [5, 5.41) is 3.49. The Morgan fingerprint density at radius 3 is 2.82 bits per heavy atom. The van der Waals surface area contributed by atoms with Crippen LogP contribution in [0.4, 0.5) is 0 Å². The summed E-state index contributed by atoms with van der Waals surface area (Å²) in [6.07, 6.45) is 1.03. The fourth-order valence-electron chi connectivity index (χ4n) is 1.62. The van der Waals surface area contributed by atoms with Crippen molar-refractivity contribution >= 4 is 11.6 Å². The monoisotopic (exact) mass is 256 g/mol. The number of nitrogens with zero attached hydrogens (tertiary/aromatic N) is 1. The molecule has 0 saturated carbocycles. The molecular formula is C13H21ClN2O. The van der Waals surface area contributed by atoms with Crippen LogP contribution >= 0.6 is 11.6 Å². The summed E-state index contributed by atoms with van der Waals surface area (Å²) in [6.45, 7) is 5.88. The Hall–Kier alpha value is -0.800. The minimum atomic E-state index is 0.181. The third-order valence-corrected chi connectivity index (χ3v) is 2.72. The molecule has 0 aromatic carbocycles. The van der Waals surface area contributed by atoms with Gasteiger partial charge in [0.05, 0.1) is 12.8 Å². The average molecular weight is 257 g/mol. The molecule has 1 unspecified atom stereocenters. The zero-order valence-corrected chi connectivity index (χ0v) is 11.5. The van der Waals surface area contributed by atoms with Crippen LogP contribution in [0.25, 0.3) is 0 Å². The number of ether oxygens (including phenoxy) is 1. The lowest BCUT2D eigenvalue weighted by molar-refractivity contribution is 0.395. The maximum atomic E-state index is 6.19. The molecule has 1 N–H and O–H groups in total. The Balaban J connectivity index is 2.30. The molecule has 1 aromatic rings. The van der Waals surface area contributed by atoms with E-state index in [9.17, 15) is 0 Å². The zero-order chi connectivity index (χ0) is 12.7. The number of aromatic nitrogens is 1. The Kier molecular flexibility index (Phi) is 6.30. The lowest BCUT2D eigenvalue weighted by atomic mass is 10.1. The molecule has 0 amide bonds. The van der Waals surface area contributed by atoms with Crippen molar-refractivity contribution in [2.45, 2.75) is 32.2 Å². The molecule has 4 heteroatoms. The van der Waals surface area contributed by atoms with Gasteiger partial charge in [0.15, 0.2) is 0 Å². The molecule has 0 radical (unpaired) electrons. The summed E-state index contributed by atoms with van der Waals surface area (Å²) >= 11 is 6.19. The van der Waals surface area contributed by atoms with Crippen molar-refractivity contribution < 1.29 is 4.74 Å². The van der Waals surface area contributed by atoms with Gasteiger partial charge in [0.1, 0.15) is 0 Å². The van der Waals surface area contributed by atoms with Gasteiger partial charge in [-0.15, -0.1) is 11.6 Å². The first-order valence-electron chi connectivity index (χ1n) is 5.96.